The standard InChI is InChI=1S/C16H13ClN2O3/c17-12-5-7-18-13(9-12)16(21)22-10-15(20)19-8-6-11-3-1-2-4-14(11)19/h1-5,7,9H,6,8,10H2. The average Bonchev–Trinajstić information content (AvgIpc) is 2.96. The minimum absolute atomic E-state index is 0.0853. The Morgan fingerprint density at radius 2 is 2.09 bits per heavy atom. The summed E-state index contributed by atoms with van der Waals surface area (Å²) in [5.41, 5.74) is 2.09. The Hall–Kier alpha value is -2.40. The quantitative estimate of drug-likeness (QED) is 0.816. The van der Waals surface area contributed by atoms with Crippen LogP contribution in [0.3, 0.4) is 0 Å². The molecule has 1 aliphatic rings. The molecule has 2 heterocycles. The van der Waals surface area contributed by atoms with Crippen molar-refractivity contribution in [3.63, 3.8) is 0 Å². The molecule has 1 aromatic heterocycles. The summed E-state index contributed by atoms with van der Waals surface area (Å²) in [6, 6.07) is 10.7. The maximum atomic E-state index is 12.2. The summed E-state index contributed by atoms with van der Waals surface area (Å²) in [6.45, 7) is 0.284. The predicted octanol–water partition coefficient (Wildman–Crippen LogP) is 2.48. The second kappa shape index (κ2) is 6.15. The zero-order valence-electron chi connectivity index (χ0n) is 11.7. The van der Waals surface area contributed by atoms with Gasteiger partial charge in [-0.2, -0.15) is 0 Å². The van der Waals surface area contributed by atoms with Crippen LogP contribution in [0.25, 0.3) is 0 Å². The van der Waals surface area contributed by atoms with E-state index in [0.29, 0.717) is 11.6 Å². The summed E-state index contributed by atoms with van der Waals surface area (Å²) >= 11 is 5.79. The molecule has 22 heavy (non-hydrogen) atoms. The molecule has 6 heteroatoms. The molecule has 1 amide bonds. The van der Waals surface area contributed by atoms with E-state index < -0.39 is 5.97 Å². The van der Waals surface area contributed by atoms with Crippen LogP contribution in [0.5, 0.6) is 0 Å². The lowest BCUT2D eigenvalue weighted by molar-refractivity contribution is -0.121. The number of anilines is 1. The molecule has 0 unspecified atom stereocenters. The van der Waals surface area contributed by atoms with Gasteiger partial charge in [-0.15, -0.1) is 0 Å². The molecule has 0 bridgehead atoms. The Morgan fingerprint density at radius 1 is 1.27 bits per heavy atom. The number of fused-ring (bicyclic) bond motifs is 1. The Labute approximate surface area is 132 Å². The highest BCUT2D eigenvalue weighted by atomic mass is 35.5. The first-order chi connectivity index (χ1) is 10.6. The summed E-state index contributed by atoms with van der Waals surface area (Å²) in [5, 5.41) is 0.391. The van der Waals surface area contributed by atoms with Crippen molar-refractivity contribution >= 4 is 29.2 Å². The monoisotopic (exact) mass is 316 g/mol. The number of para-hydroxylation sites is 1. The minimum atomic E-state index is -0.664. The van der Waals surface area contributed by atoms with Gasteiger partial charge in [-0.1, -0.05) is 29.8 Å². The zero-order chi connectivity index (χ0) is 15.5. The van der Waals surface area contributed by atoms with Crippen molar-refractivity contribution in [2.45, 2.75) is 6.42 Å². The van der Waals surface area contributed by atoms with Gasteiger partial charge in [-0.25, -0.2) is 9.78 Å². The molecule has 0 fully saturated rings. The van der Waals surface area contributed by atoms with Crippen molar-refractivity contribution in [1.82, 2.24) is 4.98 Å². The van der Waals surface area contributed by atoms with Crippen LogP contribution in [-0.2, 0) is 16.0 Å². The number of benzene rings is 1. The van der Waals surface area contributed by atoms with Gasteiger partial charge in [0.2, 0.25) is 0 Å². The highest BCUT2D eigenvalue weighted by molar-refractivity contribution is 6.30. The average molecular weight is 317 g/mol. The normalized spacial score (nSPS) is 12.9. The van der Waals surface area contributed by atoms with Crippen LogP contribution in [0, 0.1) is 0 Å². The second-order valence-electron chi connectivity index (χ2n) is 4.86. The van der Waals surface area contributed by atoms with E-state index in [-0.39, 0.29) is 18.2 Å². The highest BCUT2D eigenvalue weighted by Crippen LogP contribution is 2.27. The number of halogens is 1. The Morgan fingerprint density at radius 3 is 2.91 bits per heavy atom. The summed E-state index contributed by atoms with van der Waals surface area (Å²) in [7, 11) is 0. The van der Waals surface area contributed by atoms with Crippen LogP contribution in [0.4, 0.5) is 5.69 Å². The van der Waals surface area contributed by atoms with E-state index in [1.54, 1.807) is 11.0 Å². The largest absolute Gasteiger partial charge is 0.451 e. The van der Waals surface area contributed by atoms with E-state index >= 15 is 0 Å². The van der Waals surface area contributed by atoms with Gasteiger partial charge in [-0.3, -0.25) is 4.79 Å². The molecule has 0 saturated carbocycles. The molecule has 1 aromatic carbocycles. The van der Waals surface area contributed by atoms with Gasteiger partial charge >= 0.3 is 5.97 Å². The van der Waals surface area contributed by atoms with Crippen LogP contribution in [0.15, 0.2) is 42.6 Å². The van der Waals surface area contributed by atoms with Gasteiger partial charge < -0.3 is 9.64 Å². The van der Waals surface area contributed by atoms with Crippen molar-refractivity contribution in [2.75, 3.05) is 18.1 Å². The Balaban J connectivity index is 1.63. The van der Waals surface area contributed by atoms with Crippen LogP contribution in [0.2, 0.25) is 5.02 Å². The molecule has 0 saturated heterocycles. The molecular formula is C16H13ClN2O3. The topological polar surface area (TPSA) is 59.5 Å². The molecule has 0 N–H and O–H groups in total. The first-order valence-electron chi connectivity index (χ1n) is 6.82. The van der Waals surface area contributed by atoms with E-state index in [9.17, 15) is 9.59 Å². The third-order valence-electron chi connectivity index (χ3n) is 3.45. The Bertz CT molecular complexity index is 733. The molecule has 0 radical (unpaired) electrons. The maximum Gasteiger partial charge on any atom is 0.357 e. The molecular weight excluding hydrogens is 304 g/mol. The molecule has 112 valence electrons. The second-order valence-corrected chi connectivity index (χ2v) is 5.30. The van der Waals surface area contributed by atoms with E-state index in [2.05, 4.69) is 4.98 Å². The highest BCUT2D eigenvalue weighted by Gasteiger charge is 2.25. The van der Waals surface area contributed by atoms with E-state index in [0.717, 1.165) is 17.7 Å². The Kier molecular flexibility index (Phi) is 4.06. The van der Waals surface area contributed by atoms with Crippen molar-refractivity contribution in [1.29, 1.82) is 0 Å². The number of carbonyl (C=O) groups is 2. The summed E-state index contributed by atoms with van der Waals surface area (Å²) in [5.74, 6) is -0.913. The molecule has 2 aromatic rings. The SMILES string of the molecule is O=C(OCC(=O)N1CCc2ccccc21)c1cc(Cl)ccn1. The first kappa shape index (κ1) is 14.5. The number of esters is 1. The van der Waals surface area contributed by atoms with Gasteiger partial charge in [0.15, 0.2) is 6.61 Å². The van der Waals surface area contributed by atoms with Crippen LogP contribution in [-0.4, -0.2) is 30.0 Å². The minimum Gasteiger partial charge on any atom is -0.451 e. The van der Waals surface area contributed by atoms with Crippen molar-refractivity contribution in [3.8, 4) is 0 Å². The summed E-state index contributed by atoms with van der Waals surface area (Å²) < 4.78 is 5.02. The van der Waals surface area contributed by atoms with Gasteiger partial charge in [0, 0.05) is 23.5 Å². The van der Waals surface area contributed by atoms with E-state index in [4.69, 9.17) is 16.3 Å². The van der Waals surface area contributed by atoms with Gasteiger partial charge in [0.05, 0.1) is 0 Å². The lowest BCUT2D eigenvalue weighted by atomic mass is 10.2. The number of rotatable bonds is 3. The smallest absolute Gasteiger partial charge is 0.357 e. The third kappa shape index (κ3) is 2.94. The van der Waals surface area contributed by atoms with Crippen LogP contribution in [0.1, 0.15) is 16.1 Å². The van der Waals surface area contributed by atoms with Crippen molar-refractivity contribution in [3.05, 3.63) is 58.9 Å². The lowest BCUT2D eigenvalue weighted by Gasteiger charge is -2.17. The molecule has 0 aliphatic carbocycles. The number of aromatic nitrogens is 1. The number of amides is 1. The van der Waals surface area contributed by atoms with Gasteiger partial charge in [0.25, 0.3) is 5.91 Å². The molecule has 3 rings (SSSR count). The number of hydrogen-bond acceptors (Lipinski definition) is 4. The van der Waals surface area contributed by atoms with Crippen molar-refractivity contribution in [2.24, 2.45) is 0 Å². The first-order valence-corrected chi connectivity index (χ1v) is 7.20. The lowest BCUT2D eigenvalue weighted by Crippen LogP contribution is -2.33. The van der Waals surface area contributed by atoms with Gasteiger partial charge in [0.1, 0.15) is 5.69 Å². The summed E-state index contributed by atoms with van der Waals surface area (Å²) in [4.78, 5) is 29.6. The zero-order valence-corrected chi connectivity index (χ0v) is 12.4. The van der Waals surface area contributed by atoms with Crippen molar-refractivity contribution < 1.29 is 14.3 Å². The molecule has 5 nitrogen and oxygen atoms in total. The number of hydrogen-bond donors (Lipinski definition) is 0. The number of carbonyl (C=O) groups excluding carboxylic acids is 2. The fourth-order valence-corrected chi connectivity index (χ4v) is 2.55. The molecule has 1 aliphatic heterocycles. The number of nitrogens with zero attached hydrogens (tertiary/aromatic N) is 2. The van der Waals surface area contributed by atoms with E-state index in [1.807, 2.05) is 24.3 Å². The maximum absolute atomic E-state index is 12.2. The predicted molar refractivity (Wildman–Crippen MR) is 82.0 cm³/mol. The van der Waals surface area contributed by atoms with E-state index in [1.165, 1.54) is 12.3 Å². The number of ether oxygens (including phenoxy) is 1. The fourth-order valence-electron chi connectivity index (χ4n) is 2.39. The third-order valence-corrected chi connectivity index (χ3v) is 3.68. The van der Waals surface area contributed by atoms with Crippen LogP contribution < -0.4 is 4.90 Å². The van der Waals surface area contributed by atoms with Gasteiger partial charge in [-0.05, 0) is 30.2 Å². The number of pyridine rings is 1. The molecule has 0 atom stereocenters. The fraction of sp³-hybridized carbons (Fsp3) is 0.188. The van der Waals surface area contributed by atoms with Crippen LogP contribution >= 0.6 is 11.6 Å². The summed E-state index contributed by atoms with van der Waals surface area (Å²) in [6.07, 6.45) is 2.23. The molecule has 0 spiro atoms.